The maximum atomic E-state index is 13.8. The highest BCUT2D eigenvalue weighted by atomic mass is 19.1. The average Bonchev–Trinajstić information content (AvgIpc) is 3.19. The average molecular weight is 276 g/mol. The van der Waals surface area contributed by atoms with Gasteiger partial charge in [0, 0.05) is 18.1 Å². The van der Waals surface area contributed by atoms with Gasteiger partial charge >= 0.3 is 0 Å². The number of hydrogen-bond donors (Lipinski definition) is 2. The van der Waals surface area contributed by atoms with E-state index in [0.717, 1.165) is 25.0 Å². The maximum absolute atomic E-state index is 13.8. The summed E-state index contributed by atoms with van der Waals surface area (Å²) < 4.78 is 27.3. The molecule has 0 aliphatic heterocycles. The van der Waals surface area contributed by atoms with Gasteiger partial charge in [0.05, 0.1) is 5.69 Å². The van der Waals surface area contributed by atoms with Gasteiger partial charge < -0.3 is 11.1 Å². The normalized spacial score (nSPS) is 14.3. The molecule has 20 heavy (non-hydrogen) atoms. The first-order chi connectivity index (χ1) is 9.52. The van der Waals surface area contributed by atoms with Gasteiger partial charge in [0.1, 0.15) is 29.1 Å². The number of rotatable bonds is 3. The number of nitrogens with zero attached hydrogens (tertiary/aromatic N) is 2. The van der Waals surface area contributed by atoms with Crippen LogP contribution < -0.4 is 11.1 Å². The fraction of sp³-hybridized carbons (Fsp3) is 0.286. The van der Waals surface area contributed by atoms with Crippen molar-refractivity contribution in [2.75, 3.05) is 11.1 Å². The van der Waals surface area contributed by atoms with E-state index >= 15 is 0 Å². The second-order valence-corrected chi connectivity index (χ2v) is 5.02. The summed E-state index contributed by atoms with van der Waals surface area (Å²) in [6, 6.07) is 3.76. The molecule has 3 N–H and O–H groups in total. The van der Waals surface area contributed by atoms with Crippen LogP contribution in [-0.2, 0) is 0 Å². The van der Waals surface area contributed by atoms with E-state index in [1.807, 2.05) is 0 Å². The highest BCUT2D eigenvalue weighted by Gasteiger charge is 2.27. The van der Waals surface area contributed by atoms with Crippen LogP contribution in [-0.4, -0.2) is 9.97 Å². The van der Waals surface area contributed by atoms with E-state index in [2.05, 4.69) is 15.3 Å². The molecule has 0 atom stereocenters. The van der Waals surface area contributed by atoms with E-state index in [-0.39, 0.29) is 11.3 Å². The molecule has 0 saturated heterocycles. The number of anilines is 3. The second-order valence-electron chi connectivity index (χ2n) is 5.02. The maximum Gasteiger partial charge on any atom is 0.147 e. The zero-order valence-corrected chi connectivity index (χ0v) is 11.0. The Balaban J connectivity index is 1.92. The Morgan fingerprint density at radius 1 is 1.15 bits per heavy atom. The van der Waals surface area contributed by atoms with Gasteiger partial charge in [-0.1, -0.05) is 0 Å². The van der Waals surface area contributed by atoms with Crippen LogP contribution in [0.25, 0.3) is 0 Å². The van der Waals surface area contributed by atoms with Crippen LogP contribution in [0.4, 0.5) is 26.1 Å². The van der Waals surface area contributed by atoms with Crippen molar-refractivity contribution in [1.82, 2.24) is 9.97 Å². The molecule has 3 rings (SSSR count). The van der Waals surface area contributed by atoms with E-state index in [1.165, 1.54) is 13.0 Å². The third-order valence-corrected chi connectivity index (χ3v) is 3.22. The van der Waals surface area contributed by atoms with Crippen LogP contribution in [0.2, 0.25) is 0 Å². The topological polar surface area (TPSA) is 63.8 Å². The molecule has 4 nitrogen and oxygen atoms in total. The monoisotopic (exact) mass is 276 g/mol. The molecule has 1 fully saturated rings. The van der Waals surface area contributed by atoms with Gasteiger partial charge in [-0.3, -0.25) is 0 Å². The van der Waals surface area contributed by atoms with Crippen molar-refractivity contribution < 1.29 is 8.78 Å². The summed E-state index contributed by atoms with van der Waals surface area (Å²) in [6.45, 7) is 1.51. The van der Waals surface area contributed by atoms with Crippen LogP contribution in [0, 0.1) is 18.6 Å². The van der Waals surface area contributed by atoms with Crippen molar-refractivity contribution in [2.45, 2.75) is 25.7 Å². The van der Waals surface area contributed by atoms with Gasteiger partial charge in [-0.25, -0.2) is 18.7 Å². The molecule has 1 aromatic heterocycles. The number of halogens is 2. The molecule has 1 heterocycles. The highest BCUT2D eigenvalue weighted by Crippen LogP contribution is 2.38. The third-order valence-electron chi connectivity index (χ3n) is 3.22. The lowest BCUT2D eigenvalue weighted by atomic mass is 10.2. The number of hydrogen-bond acceptors (Lipinski definition) is 4. The van der Waals surface area contributed by atoms with Crippen molar-refractivity contribution in [3.63, 3.8) is 0 Å². The van der Waals surface area contributed by atoms with Gasteiger partial charge in [0.25, 0.3) is 0 Å². The molecule has 0 unspecified atom stereocenters. The van der Waals surface area contributed by atoms with E-state index in [0.29, 0.717) is 23.4 Å². The lowest BCUT2D eigenvalue weighted by Crippen LogP contribution is -2.04. The van der Waals surface area contributed by atoms with Gasteiger partial charge in [-0.05, 0) is 31.4 Å². The minimum Gasteiger partial charge on any atom is -0.384 e. The summed E-state index contributed by atoms with van der Waals surface area (Å²) in [7, 11) is 0. The molecule has 1 saturated carbocycles. The number of aryl methyl sites for hydroxylation is 1. The smallest absolute Gasteiger partial charge is 0.147 e. The van der Waals surface area contributed by atoms with Crippen molar-refractivity contribution in [2.24, 2.45) is 0 Å². The number of benzene rings is 1. The molecule has 1 aliphatic carbocycles. The molecule has 1 aliphatic rings. The van der Waals surface area contributed by atoms with Crippen LogP contribution in [0.1, 0.15) is 30.1 Å². The van der Waals surface area contributed by atoms with E-state index in [1.54, 1.807) is 0 Å². The first-order valence-electron chi connectivity index (χ1n) is 6.40. The first kappa shape index (κ1) is 12.8. The summed E-state index contributed by atoms with van der Waals surface area (Å²) in [6.07, 6.45) is 2.08. The molecule has 0 radical (unpaired) electrons. The predicted molar refractivity (Wildman–Crippen MR) is 72.8 cm³/mol. The largest absolute Gasteiger partial charge is 0.384 e. The lowest BCUT2D eigenvalue weighted by molar-refractivity contribution is 0.595. The summed E-state index contributed by atoms with van der Waals surface area (Å²) in [4.78, 5) is 8.44. The Labute approximate surface area is 115 Å². The molecular weight excluding hydrogens is 262 g/mol. The molecule has 104 valence electrons. The third kappa shape index (κ3) is 2.54. The Kier molecular flexibility index (Phi) is 3.00. The summed E-state index contributed by atoms with van der Waals surface area (Å²) in [5.74, 6) is 0.672. The molecule has 0 spiro atoms. The van der Waals surface area contributed by atoms with E-state index < -0.39 is 11.6 Å². The predicted octanol–water partition coefficient (Wildman–Crippen LogP) is 3.27. The zero-order valence-electron chi connectivity index (χ0n) is 11.0. The molecule has 0 bridgehead atoms. The van der Waals surface area contributed by atoms with Crippen molar-refractivity contribution in [1.29, 1.82) is 0 Å². The minimum atomic E-state index is -0.533. The van der Waals surface area contributed by atoms with Crippen LogP contribution in [0.5, 0.6) is 0 Å². The van der Waals surface area contributed by atoms with Crippen molar-refractivity contribution in [3.8, 4) is 0 Å². The molecule has 6 heteroatoms. The Hall–Kier alpha value is -2.24. The molecule has 0 amide bonds. The minimum absolute atomic E-state index is 0.0351. The number of aromatic nitrogens is 2. The quantitative estimate of drug-likeness (QED) is 0.903. The van der Waals surface area contributed by atoms with E-state index in [4.69, 9.17) is 5.73 Å². The van der Waals surface area contributed by atoms with Crippen LogP contribution in [0.3, 0.4) is 0 Å². The fourth-order valence-electron chi connectivity index (χ4n) is 1.95. The van der Waals surface area contributed by atoms with Crippen molar-refractivity contribution in [3.05, 3.63) is 41.2 Å². The SMILES string of the molecule is Cc1cc(F)c(Nc2cc(N)nc(C3CC3)n2)cc1F. The number of nitrogens with one attached hydrogen (secondary N) is 1. The first-order valence-corrected chi connectivity index (χ1v) is 6.40. The summed E-state index contributed by atoms with van der Waals surface area (Å²) in [5, 5.41) is 2.76. The number of nitrogens with two attached hydrogens (primary N) is 1. The second kappa shape index (κ2) is 4.70. The van der Waals surface area contributed by atoms with Gasteiger partial charge in [-0.2, -0.15) is 0 Å². The highest BCUT2D eigenvalue weighted by molar-refractivity contribution is 5.60. The Morgan fingerprint density at radius 3 is 2.60 bits per heavy atom. The van der Waals surface area contributed by atoms with Gasteiger partial charge in [0.2, 0.25) is 0 Å². The lowest BCUT2D eigenvalue weighted by Gasteiger charge is -2.10. The number of nitrogen functional groups attached to an aromatic ring is 1. The molecular formula is C14H14F2N4. The van der Waals surface area contributed by atoms with Crippen LogP contribution >= 0.6 is 0 Å². The fourth-order valence-corrected chi connectivity index (χ4v) is 1.95. The Bertz CT molecular complexity index is 668. The van der Waals surface area contributed by atoms with Gasteiger partial charge in [0.15, 0.2) is 0 Å². The van der Waals surface area contributed by atoms with Gasteiger partial charge in [-0.15, -0.1) is 0 Å². The Morgan fingerprint density at radius 2 is 1.90 bits per heavy atom. The zero-order chi connectivity index (χ0) is 14.3. The standard InChI is InChI=1S/C14H14F2N4/c1-7-4-10(16)11(5-9(7)15)18-13-6-12(17)19-14(20-13)8-2-3-8/h4-6,8H,2-3H2,1H3,(H3,17,18,19,20). The van der Waals surface area contributed by atoms with Crippen molar-refractivity contribution >= 4 is 17.3 Å². The van der Waals surface area contributed by atoms with Crippen LogP contribution in [0.15, 0.2) is 18.2 Å². The molecule has 2 aromatic rings. The summed E-state index contributed by atoms with van der Waals surface area (Å²) >= 11 is 0. The summed E-state index contributed by atoms with van der Waals surface area (Å²) in [5.41, 5.74) is 6.01. The molecule has 1 aromatic carbocycles. The van der Waals surface area contributed by atoms with E-state index in [9.17, 15) is 8.78 Å².